The quantitative estimate of drug-likeness (QED) is 0.151. The third-order valence-corrected chi connectivity index (χ3v) is 18.6. The van der Waals surface area contributed by atoms with Crippen molar-refractivity contribution < 1.29 is 0 Å². The van der Waals surface area contributed by atoms with Crippen LogP contribution in [0.5, 0.6) is 0 Å². The van der Waals surface area contributed by atoms with E-state index in [2.05, 4.69) is 332 Å². The van der Waals surface area contributed by atoms with Crippen LogP contribution in [-0.2, 0) is 21.7 Å². The van der Waals surface area contributed by atoms with Gasteiger partial charge in [0.25, 0.3) is 0 Å². The Morgan fingerprint density at radius 1 is 0.244 bits per heavy atom. The van der Waals surface area contributed by atoms with Gasteiger partial charge in [-0.3, -0.25) is 0 Å². The van der Waals surface area contributed by atoms with E-state index in [-0.39, 0.29) is 21.7 Å². The second-order valence-corrected chi connectivity index (χ2v) is 28.2. The molecular formula is C82H74N4. The fraction of sp³-hybridized carbons (Fsp3) is 0.195. The van der Waals surface area contributed by atoms with Crippen LogP contribution in [0.2, 0.25) is 0 Å². The Morgan fingerprint density at radius 3 is 0.814 bits per heavy atom. The van der Waals surface area contributed by atoms with Crippen molar-refractivity contribution in [1.29, 1.82) is 0 Å². The maximum atomic E-state index is 2.65. The van der Waals surface area contributed by atoms with Crippen molar-refractivity contribution in [1.82, 2.24) is 8.80 Å². The Kier molecular flexibility index (Phi) is 11.8. The van der Waals surface area contributed by atoms with Crippen molar-refractivity contribution in [3.8, 4) is 22.3 Å². The van der Waals surface area contributed by atoms with Crippen LogP contribution in [-0.4, -0.2) is 8.80 Å². The van der Waals surface area contributed by atoms with Gasteiger partial charge in [-0.15, -0.1) is 0 Å². The summed E-state index contributed by atoms with van der Waals surface area (Å²) in [6, 6.07) is 87.7. The number of nitrogens with zero attached hydrogens (tertiary/aromatic N) is 4. The summed E-state index contributed by atoms with van der Waals surface area (Å²) >= 11 is 0. The summed E-state index contributed by atoms with van der Waals surface area (Å²) in [4.78, 5) is 5.01. The molecule has 4 heteroatoms. The first-order valence-corrected chi connectivity index (χ1v) is 30.8. The molecule has 4 aromatic heterocycles. The summed E-state index contributed by atoms with van der Waals surface area (Å²) in [5, 5.41) is 9.88. The molecule has 0 radical (unpaired) electrons. The Balaban J connectivity index is 1.11. The van der Waals surface area contributed by atoms with Gasteiger partial charge in [0.2, 0.25) is 0 Å². The Hall–Kier alpha value is -9.38. The molecule has 0 N–H and O–H groups in total. The minimum Gasteiger partial charge on any atom is -0.310 e. The molecule has 0 atom stereocenters. The van der Waals surface area contributed by atoms with Crippen molar-refractivity contribution >= 4 is 110 Å². The molecule has 422 valence electrons. The van der Waals surface area contributed by atoms with Gasteiger partial charge in [0.1, 0.15) is 0 Å². The molecule has 4 heterocycles. The van der Waals surface area contributed by atoms with E-state index in [1.165, 1.54) is 121 Å². The normalized spacial score (nSPS) is 12.9. The van der Waals surface area contributed by atoms with E-state index in [1.807, 2.05) is 0 Å². The lowest BCUT2D eigenvalue weighted by Crippen LogP contribution is -2.14. The molecule has 15 rings (SSSR count). The van der Waals surface area contributed by atoms with Gasteiger partial charge in [0.15, 0.2) is 0 Å². The van der Waals surface area contributed by atoms with E-state index in [4.69, 9.17) is 0 Å². The SMILES string of the molecule is CC(C)(C)c1ccc(N(c2ccc(C(C)(C)C)cc2)c2ccc3c4c(-c5ccccc5)c5c(c(-c6ccccc6)c4n4c6ccccc6c2c34)c2ccc(N(c3ccc(C(C)(C)C)cc3)c3ccc(C(C)(C)C)cc3)c3c4ccccc4n5c23)cc1. The number of benzene rings is 11. The van der Waals surface area contributed by atoms with Crippen molar-refractivity contribution in [2.75, 3.05) is 9.80 Å². The highest BCUT2D eigenvalue weighted by Gasteiger charge is 2.34. The third-order valence-electron chi connectivity index (χ3n) is 18.6. The van der Waals surface area contributed by atoms with Gasteiger partial charge in [-0.1, -0.05) is 241 Å². The van der Waals surface area contributed by atoms with E-state index in [0.717, 1.165) is 34.1 Å². The fourth-order valence-electron chi connectivity index (χ4n) is 14.2. The molecule has 0 aliphatic heterocycles. The number of hydrogen-bond donors (Lipinski definition) is 0. The van der Waals surface area contributed by atoms with Crippen LogP contribution < -0.4 is 9.80 Å². The first-order chi connectivity index (χ1) is 41.3. The van der Waals surface area contributed by atoms with E-state index >= 15 is 0 Å². The molecule has 0 saturated heterocycles. The van der Waals surface area contributed by atoms with Crippen LogP contribution in [0.1, 0.15) is 105 Å². The van der Waals surface area contributed by atoms with Crippen LogP contribution in [0.4, 0.5) is 34.1 Å². The number of anilines is 6. The standard InChI is InChI=1S/C82H74N4/c1-79(2,3)53-31-39-57(40-32-53)83(58-41-33-54(34-42-58)80(4,5)6)67-49-47-63-73-69(51-23-15-13-16-24-51)78-74(70(52-25-17-14-18-26-52)77(73)85-65-29-21-19-27-61(65)71(67)75(63)85)64-48-50-68(72-62-28-20-22-30-66(62)86(78)76(64)72)84(59-43-35-55(36-44-59)81(7,8)9)60-45-37-56(38-46-60)82(10,11)12/h13-50H,1-12H3. The Bertz CT molecular complexity index is 4630. The average Bonchev–Trinajstić information content (AvgIpc) is 1.50. The maximum Gasteiger partial charge on any atom is 0.0642 e. The number of fused-ring (bicyclic) bond motifs is 12. The van der Waals surface area contributed by atoms with E-state index in [0.29, 0.717) is 0 Å². The van der Waals surface area contributed by atoms with Gasteiger partial charge < -0.3 is 18.6 Å². The van der Waals surface area contributed by atoms with Gasteiger partial charge >= 0.3 is 0 Å². The molecule has 0 unspecified atom stereocenters. The Labute approximate surface area is 505 Å². The molecule has 0 aliphatic carbocycles. The number of aromatic nitrogens is 2. The second-order valence-electron chi connectivity index (χ2n) is 28.2. The topological polar surface area (TPSA) is 15.3 Å². The minimum absolute atomic E-state index is 0.0114. The molecule has 0 amide bonds. The number of hydrogen-bond acceptors (Lipinski definition) is 2. The molecular weight excluding hydrogens is 1040 g/mol. The fourth-order valence-corrected chi connectivity index (χ4v) is 14.2. The van der Waals surface area contributed by atoms with Crippen LogP contribution in [0, 0.1) is 0 Å². The molecule has 0 fully saturated rings. The molecule has 0 aliphatic rings. The number of para-hydroxylation sites is 2. The first-order valence-electron chi connectivity index (χ1n) is 30.8. The summed E-state index contributed by atoms with van der Waals surface area (Å²) in [6.45, 7) is 27.6. The lowest BCUT2D eigenvalue weighted by Gasteiger charge is -2.29. The van der Waals surface area contributed by atoms with Gasteiger partial charge in [0, 0.05) is 77.0 Å². The summed E-state index contributed by atoms with van der Waals surface area (Å²) in [5.74, 6) is 0. The highest BCUT2D eigenvalue weighted by molar-refractivity contribution is 6.39. The van der Waals surface area contributed by atoms with E-state index in [9.17, 15) is 0 Å². The predicted octanol–water partition coefficient (Wildman–Crippen LogP) is 23.5. The van der Waals surface area contributed by atoms with E-state index in [1.54, 1.807) is 0 Å². The van der Waals surface area contributed by atoms with Gasteiger partial charge in [-0.05, 0) is 128 Å². The van der Waals surface area contributed by atoms with Gasteiger partial charge in [-0.2, -0.15) is 0 Å². The average molecular weight is 1120 g/mol. The van der Waals surface area contributed by atoms with Crippen molar-refractivity contribution in [2.24, 2.45) is 0 Å². The van der Waals surface area contributed by atoms with E-state index < -0.39 is 0 Å². The van der Waals surface area contributed by atoms with Crippen LogP contribution in [0.3, 0.4) is 0 Å². The summed E-state index contributed by atoms with van der Waals surface area (Å²) in [5.41, 5.74) is 24.2. The molecule has 11 aromatic carbocycles. The predicted molar refractivity (Wildman–Crippen MR) is 371 cm³/mol. The third kappa shape index (κ3) is 8.16. The molecule has 0 spiro atoms. The molecule has 15 aromatic rings. The first kappa shape index (κ1) is 53.4. The highest BCUT2D eigenvalue weighted by atomic mass is 15.2. The second kappa shape index (κ2) is 19.1. The zero-order valence-electron chi connectivity index (χ0n) is 51.7. The van der Waals surface area contributed by atoms with Gasteiger partial charge in [-0.25, -0.2) is 0 Å². The summed E-state index contributed by atoms with van der Waals surface area (Å²) in [6.07, 6.45) is 0. The van der Waals surface area contributed by atoms with Crippen molar-refractivity contribution in [3.63, 3.8) is 0 Å². The zero-order chi connectivity index (χ0) is 59.3. The summed E-state index contributed by atoms with van der Waals surface area (Å²) < 4.78 is 5.30. The highest BCUT2D eigenvalue weighted by Crippen LogP contribution is 2.57. The smallest absolute Gasteiger partial charge is 0.0642 e. The molecule has 0 bridgehead atoms. The Morgan fingerprint density at radius 2 is 0.523 bits per heavy atom. The van der Waals surface area contributed by atoms with Crippen LogP contribution in [0.25, 0.3) is 98.4 Å². The van der Waals surface area contributed by atoms with Crippen molar-refractivity contribution in [2.45, 2.75) is 105 Å². The molecule has 86 heavy (non-hydrogen) atoms. The number of rotatable bonds is 8. The van der Waals surface area contributed by atoms with Crippen LogP contribution >= 0.6 is 0 Å². The molecule has 0 saturated carbocycles. The molecule has 4 nitrogen and oxygen atoms in total. The lowest BCUT2D eigenvalue weighted by atomic mass is 9.86. The monoisotopic (exact) mass is 1110 g/mol. The van der Waals surface area contributed by atoms with Gasteiger partial charge in [0.05, 0.1) is 44.5 Å². The maximum absolute atomic E-state index is 2.65. The van der Waals surface area contributed by atoms with Crippen LogP contribution in [0.15, 0.2) is 231 Å². The zero-order valence-corrected chi connectivity index (χ0v) is 51.7. The van der Waals surface area contributed by atoms with Crippen molar-refractivity contribution in [3.05, 3.63) is 253 Å². The lowest BCUT2D eigenvalue weighted by molar-refractivity contribution is 0.590. The summed E-state index contributed by atoms with van der Waals surface area (Å²) in [7, 11) is 0. The largest absolute Gasteiger partial charge is 0.310 e. The minimum atomic E-state index is 0.0114.